The SMILES string of the molecule is O=C(Nc1ccc(C(=O)N2CCCc3ccccc32)cc1)c1cccc([N+](=O)[O-])c1. The summed E-state index contributed by atoms with van der Waals surface area (Å²) >= 11 is 0. The van der Waals surface area contributed by atoms with Crippen LogP contribution in [0.15, 0.2) is 72.8 Å². The molecule has 0 aliphatic carbocycles. The minimum Gasteiger partial charge on any atom is -0.322 e. The minimum atomic E-state index is -0.546. The van der Waals surface area contributed by atoms with Crippen molar-refractivity contribution < 1.29 is 14.5 Å². The van der Waals surface area contributed by atoms with Gasteiger partial charge in [0.1, 0.15) is 0 Å². The molecule has 1 N–H and O–H groups in total. The lowest BCUT2D eigenvalue weighted by molar-refractivity contribution is -0.384. The number of nitro benzene ring substituents is 1. The first-order valence-corrected chi connectivity index (χ1v) is 9.58. The molecule has 0 bridgehead atoms. The molecule has 0 aromatic heterocycles. The van der Waals surface area contributed by atoms with Crippen LogP contribution in [0, 0.1) is 10.1 Å². The Labute approximate surface area is 173 Å². The first-order chi connectivity index (χ1) is 14.5. The second-order valence-corrected chi connectivity index (χ2v) is 7.03. The van der Waals surface area contributed by atoms with E-state index < -0.39 is 10.8 Å². The van der Waals surface area contributed by atoms with E-state index >= 15 is 0 Å². The lowest BCUT2D eigenvalue weighted by Crippen LogP contribution is -2.35. The van der Waals surface area contributed by atoms with Gasteiger partial charge < -0.3 is 10.2 Å². The fourth-order valence-corrected chi connectivity index (χ4v) is 3.56. The van der Waals surface area contributed by atoms with E-state index in [9.17, 15) is 19.7 Å². The highest BCUT2D eigenvalue weighted by atomic mass is 16.6. The molecule has 0 saturated heterocycles. The highest BCUT2D eigenvalue weighted by molar-refractivity contribution is 6.08. The summed E-state index contributed by atoms with van der Waals surface area (Å²) in [5.74, 6) is -0.540. The molecule has 1 aliphatic rings. The van der Waals surface area contributed by atoms with Crippen LogP contribution in [0.4, 0.5) is 17.1 Å². The van der Waals surface area contributed by atoms with Gasteiger partial charge in [0.15, 0.2) is 0 Å². The number of aryl methyl sites for hydroxylation is 1. The Morgan fingerprint density at radius 2 is 1.70 bits per heavy atom. The molecule has 1 heterocycles. The third kappa shape index (κ3) is 3.91. The van der Waals surface area contributed by atoms with Crippen LogP contribution in [0.3, 0.4) is 0 Å². The van der Waals surface area contributed by atoms with E-state index in [1.54, 1.807) is 29.2 Å². The number of carbonyl (C=O) groups excluding carboxylic acids is 2. The van der Waals surface area contributed by atoms with E-state index in [1.165, 1.54) is 24.3 Å². The van der Waals surface area contributed by atoms with Crippen LogP contribution in [-0.4, -0.2) is 23.3 Å². The zero-order valence-electron chi connectivity index (χ0n) is 16.1. The van der Waals surface area contributed by atoms with Crippen molar-refractivity contribution in [1.82, 2.24) is 0 Å². The Morgan fingerprint density at radius 3 is 2.47 bits per heavy atom. The number of fused-ring (bicyclic) bond motifs is 1. The average molecular weight is 401 g/mol. The topological polar surface area (TPSA) is 92.6 Å². The molecule has 0 saturated carbocycles. The fraction of sp³-hybridized carbons (Fsp3) is 0.130. The minimum absolute atomic E-state index is 0.0845. The predicted octanol–water partition coefficient (Wildman–Crippen LogP) is 4.44. The molecule has 3 aromatic carbocycles. The fourth-order valence-electron chi connectivity index (χ4n) is 3.56. The summed E-state index contributed by atoms with van der Waals surface area (Å²) in [5, 5.41) is 13.6. The number of hydrogen-bond acceptors (Lipinski definition) is 4. The molecule has 0 spiro atoms. The summed E-state index contributed by atoms with van der Waals surface area (Å²) in [7, 11) is 0. The highest BCUT2D eigenvalue weighted by Gasteiger charge is 2.23. The molecule has 7 heteroatoms. The monoisotopic (exact) mass is 401 g/mol. The van der Waals surface area contributed by atoms with Crippen LogP contribution in [0.5, 0.6) is 0 Å². The third-order valence-electron chi connectivity index (χ3n) is 5.06. The van der Waals surface area contributed by atoms with Gasteiger partial charge in [-0.1, -0.05) is 24.3 Å². The van der Waals surface area contributed by atoms with Gasteiger partial charge in [-0.2, -0.15) is 0 Å². The van der Waals surface area contributed by atoms with Crippen LogP contribution in [0.1, 0.15) is 32.7 Å². The Bertz CT molecular complexity index is 1130. The summed E-state index contributed by atoms with van der Waals surface area (Å²) in [5.41, 5.74) is 3.18. The van der Waals surface area contributed by atoms with E-state index in [2.05, 4.69) is 5.32 Å². The van der Waals surface area contributed by atoms with Gasteiger partial charge >= 0.3 is 0 Å². The Kier molecular flexibility index (Phi) is 5.26. The number of amides is 2. The highest BCUT2D eigenvalue weighted by Crippen LogP contribution is 2.28. The first-order valence-electron chi connectivity index (χ1n) is 9.58. The lowest BCUT2D eigenvalue weighted by atomic mass is 10.0. The van der Waals surface area contributed by atoms with Crippen LogP contribution in [-0.2, 0) is 6.42 Å². The van der Waals surface area contributed by atoms with Crippen molar-refractivity contribution in [3.05, 3.63) is 99.6 Å². The summed E-state index contributed by atoms with van der Waals surface area (Å²) in [6.07, 6.45) is 1.88. The number of hydrogen-bond donors (Lipinski definition) is 1. The lowest BCUT2D eigenvalue weighted by Gasteiger charge is -2.29. The molecular formula is C23H19N3O4. The number of rotatable bonds is 4. The maximum absolute atomic E-state index is 13.0. The van der Waals surface area contributed by atoms with Gasteiger partial charge in [0, 0.05) is 41.2 Å². The van der Waals surface area contributed by atoms with E-state index in [-0.39, 0.29) is 17.2 Å². The number of carbonyl (C=O) groups is 2. The van der Waals surface area contributed by atoms with Crippen molar-refractivity contribution in [2.45, 2.75) is 12.8 Å². The van der Waals surface area contributed by atoms with E-state index in [1.807, 2.05) is 24.3 Å². The molecule has 150 valence electrons. The van der Waals surface area contributed by atoms with Crippen molar-refractivity contribution in [1.29, 1.82) is 0 Å². The van der Waals surface area contributed by atoms with Gasteiger partial charge in [-0.3, -0.25) is 19.7 Å². The van der Waals surface area contributed by atoms with Gasteiger partial charge in [0.2, 0.25) is 0 Å². The van der Waals surface area contributed by atoms with E-state index in [0.29, 0.717) is 17.8 Å². The number of benzene rings is 3. The average Bonchev–Trinajstić information content (AvgIpc) is 2.79. The molecule has 7 nitrogen and oxygen atoms in total. The van der Waals surface area contributed by atoms with Crippen LogP contribution < -0.4 is 10.2 Å². The zero-order chi connectivity index (χ0) is 21.1. The smallest absolute Gasteiger partial charge is 0.270 e. The normalized spacial score (nSPS) is 12.7. The summed E-state index contributed by atoms with van der Waals surface area (Å²) < 4.78 is 0. The molecule has 30 heavy (non-hydrogen) atoms. The van der Waals surface area contributed by atoms with Crippen LogP contribution in [0.25, 0.3) is 0 Å². The van der Waals surface area contributed by atoms with Gasteiger partial charge in [-0.05, 0) is 54.8 Å². The number of anilines is 2. The maximum atomic E-state index is 13.0. The summed E-state index contributed by atoms with van der Waals surface area (Å²) in [6.45, 7) is 0.668. The standard InChI is InChI=1S/C23H19N3O4/c27-22(18-6-3-8-20(15-18)26(29)30)24-19-12-10-17(11-13-19)23(28)25-14-4-7-16-5-1-2-9-21(16)25/h1-3,5-6,8-13,15H,4,7,14H2,(H,24,27). The summed E-state index contributed by atoms with van der Waals surface area (Å²) in [6, 6.07) is 20.1. The Balaban J connectivity index is 1.48. The van der Waals surface area contributed by atoms with Gasteiger partial charge in [-0.25, -0.2) is 0 Å². The molecule has 0 atom stereocenters. The van der Waals surface area contributed by atoms with Crippen molar-refractivity contribution in [3.63, 3.8) is 0 Å². The zero-order valence-corrected chi connectivity index (χ0v) is 16.1. The molecule has 4 rings (SSSR count). The quantitative estimate of drug-likeness (QED) is 0.517. The first kappa shape index (κ1) is 19.3. The van der Waals surface area contributed by atoms with Crippen molar-refractivity contribution >= 4 is 28.9 Å². The molecule has 0 fully saturated rings. The summed E-state index contributed by atoms with van der Waals surface area (Å²) in [4.78, 5) is 37.5. The van der Waals surface area contributed by atoms with Gasteiger partial charge in [0.25, 0.3) is 17.5 Å². The number of nitrogens with zero attached hydrogens (tertiary/aromatic N) is 2. The number of nitrogens with one attached hydrogen (secondary N) is 1. The molecule has 3 aromatic rings. The molecule has 0 radical (unpaired) electrons. The number of para-hydroxylation sites is 1. The van der Waals surface area contributed by atoms with Gasteiger partial charge in [0.05, 0.1) is 4.92 Å². The maximum Gasteiger partial charge on any atom is 0.270 e. The van der Waals surface area contributed by atoms with Crippen molar-refractivity contribution in [3.8, 4) is 0 Å². The van der Waals surface area contributed by atoms with E-state index in [0.717, 1.165) is 24.1 Å². The Morgan fingerprint density at radius 1 is 0.933 bits per heavy atom. The molecule has 2 amide bonds. The van der Waals surface area contributed by atoms with Crippen LogP contribution >= 0.6 is 0 Å². The van der Waals surface area contributed by atoms with Crippen LogP contribution in [0.2, 0.25) is 0 Å². The van der Waals surface area contributed by atoms with Crippen molar-refractivity contribution in [2.24, 2.45) is 0 Å². The Hall–Kier alpha value is -4.00. The second kappa shape index (κ2) is 8.16. The van der Waals surface area contributed by atoms with Crippen molar-refractivity contribution in [2.75, 3.05) is 16.8 Å². The number of nitro groups is 1. The molecule has 0 unspecified atom stereocenters. The molecule has 1 aliphatic heterocycles. The number of non-ortho nitro benzene ring substituents is 1. The second-order valence-electron chi connectivity index (χ2n) is 7.03. The predicted molar refractivity (Wildman–Crippen MR) is 114 cm³/mol. The third-order valence-corrected chi connectivity index (χ3v) is 5.06. The van der Waals surface area contributed by atoms with Gasteiger partial charge in [-0.15, -0.1) is 0 Å². The van der Waals surface area contributed by atoms with E-state index in [4.69, 9.17) is 0 Å². The molecular weight excluding hydrogens is 382 g/mol. The largest absolute Gasteiger partial charge is 0.322 e.